The summed E-state index contributed by atoms with van der Waals surface area (Å²) < 4.78 is 5.48. The molecule has 0 heterocycles. The number of esters is 1. The first-order valence-corrected chi connectivity index (χ1v) is 39.0. The van der Waals surface area contributed by atoms with Gasteiger partial charge in [0, 0.05) is 12.8 Å². The monoisotopic (exact) mass is 1180 g/mol. The Morgan fingerprint density at radius 2 is 0.548 bits per heavy atom. The Morgan fingerprint density at radius 3 is 0.810 bits per heavy atom. The normalized spacial score (nSPS) is 12.5. The summed E-state index contributed by atoms with van der Waals surface area (Å²) in [5, 5.41) is 23.3. The van der Waals surface area contributed by atoms with Crippen LogP contribution >= 0.6 is 0 Å². The fourth-order valence-corrected chi connectivity index (χ4v) is 12.6. The van der Waals surface area contributed by atoms with Gasteiger partial charge in [-0.15, -0.1) is 0 Å². The van der Waals surface area contributed by atoms with Crippen molar-refractivity contribution >= 4 is 11.9 Å². The van der Waals surface area contributed by atoms with Crippen molar-refractivity contribution in [2.24, 2.45) is 0 Å². The molecular weight excluding hydrogens is 1030 g/mol. The summed E-state index contributed by atoms with van der Waals surface area (Å²) in [6, 6.07) is -0.625. The van der Waals surface area contributed by atoms with Gasteiger partial charge in [0.15, 0.2) is 0 Å². The van der Waals surface area contributed by atoms with Crippen LogP contribution in [-0.2, 0) is 14.3 Å². The Hall–Kier alpha value is -1.40. The molecule has 6 heteroatoms. The van der Waals surface area contributed by atoms with Crippen LogP contribution in [0, 0.1) is 0 Å². The third-order valence-electron chi connectivity index (χ3n) is 18.6. The zero-order valence-electron chi connectivity index (χ0n) is 57.4. The van der Waals surface area contributed by atoms with Gasteiger partial charge in [-0.05, 0) is 32.1 Å². The number of unbranched alkanes of at least 4 members (excludes halogenated alkanes) is 63. The van der Waals surface area contributed by atoms with Crippen molar-refractivity contribution in [3.05, 3.63) is 12.2 Å². The molecule has 0 aliphatic carbocycles. The van der Waals surface area contributed by atoms with Crippen molar-refractivity contribution < 1.29 is 24.5 Å². The molecule has 0 spiro atoms. The van der Waals surface area contributed by atoms with Gasteiger partial charge < -0.3 is 20.3 Å². The average Bonchev–Trinajstić information content (AvgIpc) is 3.50. The molecule has 0 aliphatic heterocycles. The lowest BCUT2D eigenvalue weighted by atomic mass is 10.0. The van der Waals surface area contributed by atoms with E-state index in [0.717, 1.165) is 38.5 Å². The minimum Gasteiger partial charge on any atom is -0.466 e. The van der Waals surface area contributed by atoms with Crippen molar-refractivity contribution in [3.8, 4) is 0 Å². The first-order valence-electron chi connectivity index (χ1n) is 39.0. The van der Waals surface area contributed by atoms with Gasteiger partial charge in [-0.1, -0.05) is 418 Å². The maximum atomic E-state index is 12.5. The molecule has 0 saturated heterocycles. The molecule has 0 fully saturated rings. The molecule has 3 N–H and O–H groups in total. The minimum atomic E-state index is -0.842. The Morgan fingerprint density at radius 1 is 0.321 bits per heavy atom. The summed E-state index contributed by atoms with van der Waals surface area (Å²) in [6.07, 6.45) is 93.4. The number of carbonyl (C=O) groups excluding carboxylic acids is 2. The van der Waals surface area contributed by atoms with Crippen LogP contribution < -0.4 is 5.32 Å². The van der Waals surface area contributed by atoms with Crippen molar-refractivity contribution in [3.63, 3.8) is 0 Å². The van der Waals surface area contributed by atoms with Gasteiger partial charge in [0.25, 0.3) is 0 Å². The molecule has 0 bridgehead atoms. The molecule has 1 amide bonds. The van der Waals surface area contributed by atoms with E-state index in [-0.39, 0.29) is 18.5 Å². The van der Waals surface area contributed by atoms with Crippen LogP contribution in [0.25, 0.3) is 0 Å². The first-order chi connectivity index (χ1) is 41.5. The Kier molecular flexibility index (Phi) is 72.8. The fraction of sp³-hybridized carbons (Fsp3) is 0.949. The lowest BCUT2D eigenvalue weighted by molar-refractivity contribution is -0.143. The molecule has 2 atom stereocenters. The van der Waals surface area contributed by atoms with Gasteiger partial charge in [-0.3, -0.25) is 9.59 Å². The van der Waals surface area contributed by atoms with Crippen molar-refractivity contribution in [1.82, 2.24) is 5.32 Å². The molecule has 84 heavy (non-hydrogen) atoms. The van der Waals surface area contributed by atoms with Gasteiger partial charge in [0.05, 0.1) is 25.4 Å². The number of amides is 1. The van der Waals surface area contributed by atoms with E-state index >= 15 is 0 Å². The topological polar surface area (TPSA) is 95.9 Å². The molecule has 0 aromatic rings. The number of hydrogen-bond acceptors (Lipinski definition) is 5. The van der Waals surface area contributed by atoms with E-state index in [1.165, 1.54) is 385 Å². The number of allylic oxidation sites excluding steroid dienone is 1. The molecule has 0 aliphatic rings. The second kappa shape index (κ2) is 74.1. The summed E-state index contributed by atoms with van der Waals surface area (Å²) in [6.45, 7) is 4.96. The van der Waals surface area contributed by atoms with E-state index in [0.29, 0.717) is 19.4 Å². The molecule has 0 radical (unpaired) electrons. The Bertz CT molecular complexity index is 1270. The Balaban J connectivity index is 3.35. The predicted molar refractivity (Wildman–Crippen MR) is 370 cm³/mol. The summed E-state index contributed by atoms with van der Waals surface area (Å²) in [7, 11) is 0. The third kappa shape index (κ3) is 69.7. The lowest BCUT2D eigenvalue weighted by Crippen LogP contribution is -2.45. The number of nitrogens with one attached hydrogen (secondary N) is 1. The molecule has 0 saturated carbocycles. The summed E-state index contributed by atoms with van der Waals surface area (Å²) >= 11 is 0. The lowest BCUT2D eigenvalue weighted by Gasteiger charge is -2.20. The molecule has 2 unspecified atom stereocenters. The van der Waals surface area contributed by atoms with Gasteiger partial charge in [0.1, 0.15) is 0 Å². The molecule has 6 nitrogen and oxygen atoms in total. The number of rotatable bonds is 74. The van der Waals surface area contributed by atoms with E-state index in [1.54, 1.807) is 6.08 Å². The largest absolute Gasteiger partial charge is 0.466 e. The van der Waals surface area contributed by atoms with Crippen molar-refractivity contribution in [1.29, 1.82) is 0 Å². The zero-order valence-corrected chi connectivity index (χ0v) is 57.4. The molecule has 0 rings (SSSR count). The van der Waals surface area contributed by atoms with E-state index in [4.69, 9.17) is 4.74 Å². The summed E-state index contributed by atoms with van der Waals surface area (Å²) in [5.41, 5.74) is 0. The SMILES string of the molecule is CCCCCCCCCCCCCCCCCCCCCCC/C=C/C(O)C(CO)NC(=O)CCCCCCCCCCCCCCCCCCCCCCCCCCCCCCCCCCCOC(=O)CCCCCCCCCCCCC. The van der Waals surface area contributed by atoms with Gasteiger partial charge >= 0.3 is 5.97 Å². The average molecular weight is 1190 g/mol. The third-order valence-corrected chi connectivity index (χ3v) is 18.6. The molecule has 0 aromatic carbocycles. The summed E-state index contributed by atoms with van der Waals surface area (Å²) in [5.74, 6) is -0.0354. The van der Waals surface area contributed by atoms with Crippen LogP contribution in [-0.4, -0.2) is 47.4 Å². The van der Waals surface area contributed by atoms with Crippen LogP contribution in [0.15, 0.2) is 12.2 Å². The maximum Gasteiger partial charge on any atom is 0.305 e. The number of aliphatic hydroxyl groups excluding tert-OH is 2. The number of ether oxygens (including phenoxy) is 1. The van der Waals surface area contributed by atoms with E-state index in [2.05, 4.69) is 19.2 Å². The van der Waals surface area contributed by atoms with E-state index in [1.807, 2.05) is 6.08 Å². The summed E-state index contributed by atoms with van der Waals surface area (Å²) in [4.78, 5) is 24.6. The van der Waals surface area contributed by atoms with E-state index < -0.39 is 12.1 Å². The number of carbonyl (C=O) groups is 2. The number of hydrogen-bond donors (Lipinski definition) is 3. The quantitative estimate of drug-likeness (QED) is 0.0320. The minimum absolute atomic E-state index is 0.0222. The zero-order chi connectivity index (χ0) is 60.6. The highest BCUT2D eigenvalue weighted by Crippen LogP contribution is 2.20. The number of aliphatic hydroxyl groups is 2. The highest BCUT2D eigenvalue weighted by Gasteiger charge is 2.18. The maximum absolute atomic E-state index is 12.5. The van der Waals surface area contributed by atoms with Crippen LogP contribution in [0.3, 0.4) is 0 Å². The highest BCUT2D eigenvalue weighted by molar-refractivity contribution is 5.76. The predicted octanol–water partition coefficient (Wildman–Crippen LogP) is 25.5. The van der Waals surface area contributed by atoms with Crippen LogP contribution in [0.5, 0.6) is 0 Å². The smallest absolute Gasteiger partial charge is 0.305 e. The first kappa shape index (κ1) is 82.6. The second-order valence-electron chi connectivity index (χ2n) is 27.1. The highest BCUT2D eigenvalue weighted by atomic mass is 16.5. The Labute approximate surface area is 527 Å². The van der Waals surface area contributed by atoms with Crippen LogP contribution in [0.4, 0.5) is 0 Å². The fourth-order valence-electron chi connectivity index (χ4n) is 12.6. The van der Waals surface area contributed by atoms with Crippen LogP contribution in [0.1, 0.15) is 450 Å². The molecular formula is C78H153NO5. The molecule has 500 valence electrons. The second-order valence-corrected chi connectivity index (χ2v) is 27.1. The van der Waals surface area contributed by atoms with Gasteiger partial charge in [-0.25, -0.2) is 0 Å². The van der Waals surface area contributed by atoms with E-state index in [9.17, 15) is 19.8 Å². The van der Waals surface area contributed by atoms with Crippen LogP contribution in [0.2, 0.25) is 0 Å². The van der Waals surface area contributed by atoms with Gasteiger partial charge in [0.2, 0.25) is 5.91 Å². The van der Waals surface area contributed by atoms with Crippen molar-refractivity contribution in [2.75, 3.05) is 13.2 Å². The molecule has 0 aromatic heterocycles. The standard InChI is InChI=1S/C78H153NO5/c1-3-5-7-9-11-13-15-16-17-18-19-20-32-35-38-41-44-47-51-54-58-62-66-70-76(81)75(74-80)79-77(82)71-67-63-59-55-52-48-45-42-39-36-33-30-28-26-24-22-21-23-25-27-29-31-34-37-40-43-46-49-53-57-61-65-69-73-84-78(83)72-68-64-60-56-50-14-12-10-8-6-4-2/h66,70,75-76,80-81H,3-65,67-69,71-74H2,1-2H3,(H,79,82)/b70-66+. The van der Waals surface area contributed by atoms with Gasteiger partial charge in [-0.2, -0.15) is 0 Å². The van der Waals surface area contributed by atoms with Crippen molar-refractivity contribution in [2.45, 2.75) is 463 Å².